The predicted molar refractivity (Wildman–Crippen MR) is 66.0 cm³/mol. The van der Waals surface area contributed by atoms with Crippen LogP contribution in [0.1, 0.15) is 42.7 Å². The molecule has 0 unspecified atom stereocenters. The first kappa shape index (κ1) is 11.6. The van der Waals surface area contributed by atoms with Crippen molar-refractivity contribution in [2.75, 3.05) is 0 Å². The number of nitrogens with zero attached hydrogens (tertiary/aromatic N) is 1. The van der Waals surface area contributed by atoms with E-state index in [1.807, 2.05) is 12.1 Å². The van der Waals surface area contributed by atoms with Gasteiger partial charge in [0.1, 0.15) is 6.26 Å². The van der Waals surface area contributed by atoms with Gasteiger partial charge in [-0.3, -0.25) is 4.79 Å². The van der Waals surface area contributed by atoms with Crippen molar-refractivity contribution in [1.82, 2.24) is 4.98 Å². The van der Waals surface area contributed by atoms with Gasteiger partial charge < -0.3 is 4.42 Å². The molecule has 2 aromatic rings. The fourth-order valence-corrected chi connectivity index (χ4v) is 1.56. The lowest BCUT2D eigenvalue weighted by molar-refractivity contribution is 0.101. The van der Waals surface area contributed by atoms with Gasteiger partial charge in [-0.2, -0.15) is 0 Å². The van der Waals surface area contributed by atoms with Crippen molar-refractivity contribution < 1.29 is 9.21 Å². The zero-order valence-corrected chi connectivity index (χ0v) is 10.2. The van der Waals surface area contributed by atoms with Gasteiger partial charge in [-0.1, -0.05) is 26.0 Å². The fourth-order valence-electron chi connectivity index (χ4n) is 1.56. The number of ketones is 1. The largest absolute Gasteiger partial charge is 0.444 e. The lowest BCUT2D eigenvalue weighted by atomic mass is 10.1. The summed E-state index contributed by atoms with van der Waals surface area (Å²) in [6, 6.07) is 7.32. The maximum Gasteiger partial charge on any atom is 0.226 e. The van der Waals surface area contributed by atoms with Crippen LogP contribution in [-0.2, 0) is 0 Å². The summed E-state index contributed by atoms with van der Waals surface area (Å²) in [7, 11) is 0. The maximum atomic E-state index is 11.3. The Bertz CT molecular complexity index is 541. The zero-order chi connectivity index (χ0) is 12.4. The van der Waals surface area contributed by atoms with Crippen molar-refractivity contribution in [2.24, 2.45) is 0 Å². The van der Waals surface area contributed by atoms with Gasteiger partial charge >= 0.3 is 0 Å². The van der Waals surface area contributed by atoms with Crippen LogP contribution in [0.3, 0.4) is 0 Å². The second-order valence-corrected chi connectivity index (χ2v) is 4.37. The Morgan fingerprint density at radius 3 is 2.71 bits per heavy atom. The first-order valence-electron chi connectivity index (χ1n) is 5.64. The standard InChI is InChI=1S/C14H15NO2/c1-9(2)13-8-17-14(15-13)12-6-4-5-11(7-12)10(3)16/h4-9H,1-3H3. The van der Waals surface area contributed by atoms with E-state index in [1.165, 1.54) is 0 Å². The molecule has 3 nitrogen and oxygen atoms in total. The summed E-state index contributed by atoms with van der Waals surface area (Å²) < 4.78 is 5.42. The highest BCUT2D eigenvalue weighted by molar-refractivity contribution is 5.95. The van der Waals surface area contributed by atoms with Crippen molar-refractivity contribution in [2.45, 2.75) is 26.7 Å². The molecule has 3 heteroatoms. The first-order chi connectivity index (χ1) is 8.08. The topological polar surface area (TPSA) is 43.1 Å². The molecule has 0 saturated carbocycles. The average molecular weight is 229 g/mol. The molecule has 0 atom stereocenters. The van der Waals surface area contributed by atoms with E-state index in [0.29, 0.717) is 17.4 Å². The summed E-state index contributed by atoms with van der Waals surface area (Å²) in [5, 5.41) is 0. The second-order valence-electron chi connectivity index (χ2n) is 4.37. The van der Waals surface area contributed by atoms with Crippen molar-refractivity contribution in [3.05, 3.63) is 41.8 Å². The normalized spacial score (nSPS) is 10.8. The summed E-state index contributed by atoms with van der Waals surface area (Å²) in [6.45, 7) is 5.68. The highest BCUT2D eigenvalue weighted by atomic mass is 16.3. The van der Waals surface area contributed by atoms with Crippen LogP contribution in [-0.4, -0.2) is 10.8 Å². The van der Waals surface area contributed by atoms with Gasteiger partial charge in [-0.25, -0.2) is 4.98 Å². The minimum Gasteiger partial charge on any atom is -0.444 e. The predicted octanol–water partition coefficient (Wildman–Crippen LogP) is 3.67. The molecule has 0 bridgehead atoms. The minimum absolute atomic E-state index is 0.0440. The average Bonchev–Trinajstić information content (AvgIpc) is 2.78. The van der Waals surface area contributed by atoms with E-state index in [1.54, 1.807) is 25.3 Å². The summed E-state index contributed by atoms with van der Waals surface area (Å²) in [5.74, 6) is 0.947. The molecule has 0 aliphatic heterocycles. The fraction of sp³-hybridized carbons (Fsp3) is 0.286. The van der Waals surface area contributed by atoms with Crippen LogP contribution in [0.4, 0.5) is 0 Å². The van der Waals surface area contributed by atoms with Crippen LogP contribution in [0.2, 0.25) is 0 Å². The molecule has 0 fully saturated rings. The first-order valence-corrected chi connectivity index (χ1v) is 5.64. The number of rotatable bonds is 3. The summed E-state index contributed by atoms with van der Waals surface area (Å²) in [5.41, 5.74) is 2.43. The monoisotopic (exact) mass is 229 g/mol. The molecule has 0 aliphatic rings. The molecule has 0 aliphatic carbocycles. The van der Waals surface area contributed by atoms with Gasteiger partial charge in [0.15, 0.2) is 5.78 Å². The Morgan fingerprint density at radius 1 is 1.35 bits per heavy atom. The third kappa shape index (κ3) is 2.44. The number of benzene rings is 1. The molecule has 1 aromatic heterocycles. The molecule has 88 valence electrons. The van der Waals surface area contributed by atoms with Gasteiger partial charge in [0.05, 0.1) is 5.69 Å². The molecule has 1 aromatic carbocycles. The van der Waals surface area contributed by atoms with Crippen LogP contribution in [0.15, 0.2) is 34.9 Å². The summed E-state index contributed by atoms with van der Waals surface area (Å²) in [6.07, 6.45) is 1.67. The molecule has 0 saturated heterocycles. The van der Waals surface area contributed by atoms with Crippen molar-refractivity contribution in [3.63, 3.8) is 0 Å². The van der Waals surface area contributed by atoms with Crippen LogP contribution in [0.25, 0.3) is 11.5 Å². The lowest BCUT2D eigenvalue weighted by Gasteiger charge is -1.99. The van der Waals surface area contributed by atoms with Crippen molar-refractivity contribution in [3.8, 4) is 11.5 Å². The molecule has 0 spiro atoms. The van der Waals surface area contributed by atoms with Crippen LogP contribution >= 0.6 is 0 Å². The second kappa shape index (κ2) is 4.53. The maximum absolute atomic E-state index is 11.3. The Kier molecular flexibility index (Phi) is 3.09. The molecule has 0 amide bonds. The molecule has 1 heterocycles. The quantitative estimate of drug-likeness (QED) is 0.754. The SMILES string of the molecule is CC(=O)c1cccc(-c2nc(C(C)C)co2)c1. The zero-order valence-electron chi connectivity index (χ0n) is 10.2. The van der Waals surface area contributed by atoms with E-state index < -0.39 is 0 Å². The van der Waals surface area contributed by atoms with E-state index in [4.69, 9.17) is 4.42 Å². The van der Waals surface area contributed by atoms with Gasteiger partial charge in [0, 0.05) is 11.1 Å². The third-order valence-corrected chi connectivity index (χ3v) is 2.63. The van der Waals surface area contributed by atoms with E-state index in [9.17, 15) is 4.79 Å². The number of oxazole rings is 1. The molecular weight excluding hydrogens is 214 g/mol. The van der Waals surface area contributed by atoms with Gasteiger partial charge in [-0.15, -0.1) is 0 Å². The minimum atomic E-state index is 0.0440. The van der Waals surface area contributed by atoms with E-state index in [-0.39, 0.29) is 5.78 Å². The highest BCUT2D eigenvalue weighted by Crippen LogP contribution is 2.23. The molecule has 17 heavy (non-hydrogen) atoms. The van der Waals surface area contributed by atoms with Crippen LogP contribution in [0, 0.1) is 0 Å². The van der Waals surface area contributed by atoms with Crippen molar-refractivity contribution >= 4 is 5.78 Å². The van der Waals surface area contributed by atoms with Gasteiger partial charge in [0.2, 0.25) is 5.89 Å². The van der Waals surface area contributed by atoms with E-state index in [2.05, 4.69) is 18.8 Å². The van der Waals surface area contributed by atoms with E-state index >= 15 is 0 Å². The molecule has 0 N–H and O–H groups in total. The lowest BCUT2D eigenvalue weighted by Crippen LogP contribution is -1.92. The van der Waals surface area contributed by atoms with E-state index in [0.717, 1.165) is 11.3 Å². The molecule has 2 rings (SSSR count). The Morgan fingerprint density at radius 2 is 2.12 bits per heavy atom. The Labute approximate surface area is 100 Å². The van der Waals surface area contributed by atoms with Crippen LogP contribution in [0.5, 0.6) is 0 Å². The number of aromatic nitrogens is 1. The third-order valence-electron chi connectivity index (χ3n) is 2.63. The number of hydrogen-bond donors (Lipinski definition) is 0. The van der Waals surface area contributed by atoms with Crippen molar-refractivity contribution in [1.29, 1.82) is 0 Å². The summed E-state index contributed by atoms with van der Waals surface area (Å²) >= 11 is 0. The number of Topliss-reactive ketones (excluding diaryl/α,β-unsaturated/α-hetero) is 1. The highest BCUT2D eigenvalue weighted by Gasteiger charge is 2.10. The smallest absolute Gasteiger partial charge is 0.226 e. The number of carbonyl (C=O) groups excluding carboxylic acids is 1. The Balaban J connectivity index is 2.38. The molecule has 0 radical (unpaired) electrons. The number of hydrogen-bond acceptors (Lipinski definition) is 3. The van der Waals surface area contributed by atoms with Gasteiger partial charge in [-0.05, 0) is 25.0 Å². The Hall–Kier alpha value is -1.90. The number of carbonyl (C=O) groups is 1. The van der Waals surface area contributed by atoms with Crippen LogP contribution < -0.4 is 0 Å². The van der Waals surface area contributed by atoms with Gasteiger partial charge in [0.25, 0.3) is 0 Å². The summed E-state index contributed by atoms with van der Waals surface area (Å²) in [4.78, 5) is 15.7. The molecular formula is C14H15NO2.